The Morgan fingerprint density at radius 2 is 1.88 bits per heavy atom. The first-order valence-corrected chi connectivity index (χ1v) is 7.61. The maximum Gasteiger partial charge on any atom is 0.232 e. The zero-order valence-corrected chi connectivity index (χ0v) is 12.3. The molecule has 0 bridgehead atoms. The van der Waals surface area contributed by atoms with Gasteiger partial charge in [0.15, 0.2) is 0 Å². The van der Waals surface area contributed by atoms with Crippen LogP contribution in [0.1, 0.15) is 25.3 Å². The van der Waals surface area contributed by atoms with Crippen LogP contribution < -0.4 is 4.31 Å². The normalized spacial score (nSPS) is 11.9. The lowest BCUT2D eigenvalue weighted by molar-refractivity contribution is 0.600. The van der Waals surface area contributed by atoms with Crippen molar-refractivity contribution in [3.63, 3.8) is 0 Å². The van der Waals surface area contributed by atoms with Gasteiger partial charge in [-0.1, -0.05) is 35.8 Å². The Kier molecular flexibility index (Phi) is 4.02. The summed E-state index contributed by atoms with van der Waals surface area (Å²) in [5, 5.41) is 0. The lowest BCUT2D eigenvalue weighted by Gasteiger charge is -2.22. The monoisotopic (exact) mass is 305 g/mol. The minimum atomic E-state index is -3.22. The lowest BCUT2D eigenvalue weighted by atomic mass is 10.0. The molecule has 90 valence electrons. The molecule has 0 aliphatic heterocycles. The van der Waals surface area contributed by atoms with Crippen molar-refractivity contribution in [1.82, 2.24) is 0 Å². The zero-order chi connectivity index (χ0) is 12.5. The number of rotatable bonds is 3. The quantitative estimate of drug-likeness (QED) is 0.861. The summed E-state index contributed by atoms with van der Waals surface area (Å²) in [5.74, 6) is 0.285. The van der Waals surface area contributed by atoms with Crippen molar-refractivity contribution in [3.8, 4) is 0 Å². The van der Waals surface area contributed by atoms with Gasteiger partial charge in [0.1, 0.15) is 0 Å². The summed E-state index contributed by atoms with van der Waals surface area (Å²) < 4.78 is 25.2. The van der Waals surface area contributed by atoms with Crippen molar-refractivity contribution in [1.29, 1.82) is 0 Å². The van der Waals surface area contributed by atoms with E-state index in [-0.39, 0.29) is 5.92 Å². The fraction of sp³-hybridized carbons (Fsp3) is 0.455. The van der Waals surface area contributed by atoms with Crippen molar-refractivity contribution in [2.24, 2.45) is 0 Å². The molecule has 0 fully saturated rings. The van der Waals surface area contributed by atoms with Gasteiger partial charge in [0.25, 0.3) is 0 Å². The van der Waals surface area contributed by atoms with E-state index in [0.717, 1.165) is 15.7 Å². The molecule has 16 heavy (non-hydrogen) atoms. The summed E-state index contributed by atoms with van der Waals surface area (Å²) in [6.45, 7) is 4.09. The van der Waals surface area contributed by atoms with E-state index in [1.54, 1.807) is 7.05 Å². The Bertz CT molecular complexity index is 483. The molecule has 0 spiro atoms. The SMILES string of the molecule is CC(C)c1ccc(Br)cc1N(C)S(C)(=O)=O. The van der Waals surface area contributed by atoms with Gasteiger partial charge in [-0.15, -0.1) is 0 Å². The summed E-state index contributed by atoms with van der Waals surface area (Å²) in [6.07, 6.45) is 1.21. The van der Waals surface area contributed by atoms with E-state index in [4.69, 9.17) is 0 Å². The Balaban J connectivity index is 3.36. The summed E-state index contributed by atoms with van der Waals surface area (Å²) in [7, 11) is -1.64. The molecule has 0 saturated carbocycles. The van der Waals surface area contributed by atoms with Crippen molar-refractivity contribution in [2.75, 3.05) is 17.6 Å². The highest BCUT2D eigenvalue weighted by molar-refractivity contribution is 9.10. The van der Waals surface area contributed by atoms with Crippen molar-refractivity contribution in [2.45, 2.75) is 19.8 Å². The summed E-state index contributed by atoms with van der Waals surface area (Å²) in [6, 6.07) is 5.71. The molecule has 0 atom stereocenters. The molecule has 1 rings (SSSR count). The first kappa shape index (κ1) is 13.5. The smallest absolute Gasteiger partial charge is 0.232 e. The second kappa shape index (κ2) is 4.75. The number of halogens is 1. The number of sulfonamides is 1. The predicted octanol–water partition coefficient (Wildman–Crippen LogP) is 2.97. The van der Waals surface area contributed by atoms with Crippen LogP contribution in [0.4, 0.5) is 5.69 Å². The first-order chi connectivity index (χ1) is 7.23. The highest BCUT2D eigenvalue weighted by Crippen LogP contribution is 2.30. The van der Waals surface area contributed by atoms with Gasteiger partial charge in [0, 0.05) is 11.5 Å². The van der Waals surface area contributed by atoms with Gasteiger partial charge in [-0.25, -0.2) is 8.42 Å². The molecule has 0 amide bonds. The molecule has 0 unspecified atom stereocenters. The highest BCUT2D eigenvalue weighted by Gasteiger charge is 2.17. The molecule has 3 nitrogen and oxygen atoms in total. The van der Waals surface area contributed by atoms with Crippen molar-refractivity contribution in [3.05, 3.63) is 28.2 Å². The van der Waals surface area contributed by atoms with Crippen LogP contribution in [0.2, 0.25) is 0 Å². The topological polar surface area (TPSA) is 37.4 Å². The maximum absolute atomic E-state index is 11.5. The van der Waals surface area contributed by atoms with Crippen LogP contribution in [0, 0.1) is 0 Å². The van der Waals surface area contributed by atoms with Gasteiger partial charge in [0.2, 0.25) is 10.0 Å². The van der Waals surface area contributed by atoms with Gasteiger partial charge in [-0.2, -0.15) is 0 Å². The number of hydrogen-bond donors (Lipinski definition) is 0. The highest BCUT2D eigenvalue weighted by atomic mass is 79.9. The van der Waals surface area contributed by atoms with Gasteiger partial charge in [-0.3, -0.25) is 4.31 Å². The van der Waals surface area contributed by atoms with Crippen LogP contribution >= 0.6 is 15.9 Å². The molecule has 0 aliphatic carbocycles. The minimum absolute atomic E-state index is 0.285. The summed E-state index contributed by atoms with van der Waals surface area (Å²) in [4.78, 5) is 0. The standard InChI is InChI=1S/C11H16BrNO2S/c1-8(2)10-6-5-9(12)7-11(10)13(3)16(4,14)15/h5-8H,1-4H3. The number of benzene rings is 1. The lowest BCUT2D eigenvalue weighted by Crippen LogP contribution is -2.26. The third-order valence-electron chi connectivity index (χ3n) is 2.45. The van der Waals surface area contributed by atoms with Gasteiger partial charge in [0.05, 0.1) is 11.9 Å². The molecule has 1 aromatic rings. The van der Waals surface area contributed by atoms with Crippen LogP contribution in [0.15, 0.2) is 22.7 Å². The average molecular weight is 306 g/mol. The number of nitrogens with zero attached hydrogens (tertiary/aromatic N) is 1. The fourth-order valence-corrected chi connectivity index (χ4v) is 2.32. The van der Waals surface area contributed by atoms with E-state index in [0.29, 0.717) is 0 Å². The van der Waals surface area contributed by atoms with Crippen LogP contribution in [0.25, 0.3) is 0 Å². The number of anilines is 1. The minimum Gasteiger partial charge on any atom is -0.273 e. The van der Waals surface area contributed by atoms with Gasteiger partial charge >= 0.3 is 0 Å². The van der Waals surface area contributed by atoms with E-state index in [2.05, 4.69) is 15.9 Å². The fourth-order valence-electron chi connectivity index (χ4n) is 1.46. The molecule has 5 heteroatoms. The third kappa shape index (κ3) is 2.98. The zero-order valence-electron chi connectivity index (χ0n) is 9.86. The van der Waals surface area contributed by atoms with E-state index in [1.807, 2.05) is 32.0 Å². The largest absolute Gasteiger partial charge is 0.273 e. The second-order valence-electron chi connectivity index (χ2n) is 4.09. The number of hydrogen-bond acceptors (Lipinski definition) is 2. The van der Waals surface area contributed by atoms with Crippen LogP contribution in [0.5, 0.6) is 0 Å². The summed E-state index contributed by atoms with van der Waals surface area (Å²) in [5.41, 5.74) is 1.75. The predicted molar refractivity (Wildman–Crippen MR) is 71.5 cm³/mol. The molecule has 0 aliphatic rings. The van der Waals surface area contributed by atoms with E-state index in [1.165, 1.54) is 10.6 Å². The summed E-state index contributed by atoms with van der Waals surface area (Å²) >= 11 is 3.36. The van der Waals surface area contributed by atoms with Crippen LogP contribution in [-0.2, 0) is 10.0 Å². The molecule has 0 radical (unpaired) electrons. The molecular formula is C11H16BrNO2S. The maximum atomic E-state index is 11.5. The van der Waals surface area contributed by atoms with Crippen LogP contribution in [0.3, 0.4) is 0 Å². The Morgan fingerprint density at radius 1 is 1.31 bits per heavy atom. The molecular weight excluding hydrogens is 290 g/mol. The van der Waals surface area contributed by atoms with Crippen molar-refractivity contribution >= 4 is 31.6 Å². The molecule has 0 N–H and O–H groups in total. The third-order valence-corrected chi connectivity index (χ3v) is 4.14. The van der Waals surface area contributed by atoms with E-state index in [9.17, 15) is 8.42 Å². The van der Waals surface area contributed by atoms with Crippen LogP contribution in [-0.4, -0.2) is 21.7 Å². The Morgan fingerprint density at radius 3 is 2.31 bits per heavy atom. The van der Waals surface area contributed by atoms with Gasteiger partial charge in [-0.05, 0) is 23.6 Å². The molecule has 0 heterocycles. The van der Waals surface area contributed by atoms with E-state index >= 15 is 0 Å². The molecule has 0 saturated heterocycles. The molecule has 1 aromatic carbocycles. The van der Waals surface area contributed by atoms with Crippen molar-refractivity contribution < 1.29 is 8.42 Å². The van der Waals surface area contributed by atoms with Gasteiger partial charge < -0.3 is 0 Å². The Hall–Kier alpha value is -0.550. The first-order valence-electron chi connectivity index (χ1n) is 4.97. The van der Waals surface area contributed by atoms with E-state index < -0.39 is 10.0 Å². The average Bonchev–Trinajstić information content (AvgIpc) is 2.14. The Labute approximate surface area is 106 Å². The molecule has 0 aromatic heterocycles. The second-order valence-corrected chi connectivity index (χ2v) is 7.02.